The number of halogens is 1. The van der Waals surface area contributed by atoms with E-state index in [1.807, 2.05) is 0 Å². The topological polar surface area (TPSA) is 72.2 Å². The summed E-state index contributed by atoms with van der Waals surface area (Å²) in [4.78, 5) is 20.3. The summed E-state index contributed by atoms with van der Waals surface area (Å²) in [5.74, 6) is 0.193. The molecule has 3 heterocycles. The molecule has 19 heavy (non-hydrogen) atoms. The molecule has 0 bridgehead atoms. The average molecular weight is 318 g/mol. The van der Waals surface area contributed by atoms with Gasteiger partial charge in [-0.05, 0) is 28.1 Å². The standard InChI is InChI=1S/C12H8BrN5O/c13-9-2-1-3-15-11(9)17-12(19)8-6-16-18-5-4-14-7-10(8)18/h1-7H,(H,15,17,19). The molecule has 0 fully saturated rings. The highest BCUT2D eigenvalue weighted by atomic mass is 79.9. The highest BCUT2D eigenvalue weighted by molar-refractivity contribution is 9.10. The van der Waals surface area contributed by atoms with Crippen LogP contribution >= 0.6 is 15.9 Å². The fourth-order valence-electron chi connectivity index (χ4n) is 1.66. The summed E-state index contributed by atoms with van der Waals surface area (Å²) in [6.45, 7) is 0. The van der Waals surface area contributed by atoms with Crippen molar-refractivity contribution in [3.8, 4) is 0 Å². The van der Waals surface area contributed by atoms with Crippen LogP contribution in [0.3, 0.4) is 0 Å². The first-order chi connectivity index (χ1) is 9.25. The lowest BCUT2D eigenvalue weighted by Crippen LogP contribution is -2.13. The third-order valence-corrected chi connectivity index (χ3v) is 3.20. The van der Waals surface area contributed by atoms with Gasteiger partial charge in [0.1, 0.15) is 5.82 Å². The second-order valence-corrected chi connectivity index (χ2v) is 4.61. The number of pyridine rings is 1. The van der Waals surface area contributed by atoms with Crippen LogP contribution in [0.2, 0.25) is 0 Å². The molecule has 0 unspecified atom stereocenters. The van der Waals surface area contributed by atoms with E-state index in [0.717, 1.165) is 4.47 Å². The van der Waals surface area contributed by atoms with Crippen LogP contribution in [-0.2, 0) is 0 Å². The zero-order chi connectivity index (χ0) is 13.2. The van der Waals surface area contributed by atoms with Crippen molar-refractivity contribution < 1.29 is 4.79 Å². The monoisotopic (exact) mass is 317 g/mol. The maximum atomic E-state index is 12.2. The molecule has 6 nitrogen and oxygen atoms in total. The number of nitrogens with zero attached hydrogens (tertiary/aromatic N) is 4. The Hall–Kier alpha value is -2.28. The van der Waals surface area contributed by atoms with Crippen LogP contribution < -0.4 is 5.32 Å². The zero-order valence-corrected chi connectivity index (χ0v) is 11.2. The Balaban J connectivity index is 1.95. The number of fused-ring (bicyclic) bond motifs is 1. The Kier molecular flexibility index (Phi) is 2.96. The van der Waals surface area contributed by atoms with Crippen molar-refractivity contribution in [2.24, 2.45) is 0 Å². The first kappa shape index (κ1) is 11.8. The fraction of sp³-hybridized carbons (Fsp3) is 0. The van der Waals surface area contributed by atoms with Gasteiger partial charge in [0.05, 0.1) is 27.9 Å². The van der Waals surface area contributed by atoms with Crippen molar-refractivity contribution in [1.29, 1.82) is 0 Å². The van der Waals surface area contributed by atoms with Crippen LogP contribution in [0, 0.1) is 0 Å². The van der Waals surface area contributed by atoms with E-state index in [9.17, 15) is 4.79 Å². The van der Waals surface area contributed by atoms with E-state index < -0.39 is 0 Å². The van der Waals surface area contributed by atoms with E-state index in [2.05, 4.69) is 36.3 Å². The normalized spacial score (nSPS) is 10.6. The molecule has 7 heteroatoms. The first-order valence-electron chi connectivity index (χ1n) is 5.45. The van der Waals surface area contributed by atoms with E-state index in [4.69, 9.17) is 0 Å². The van der Waals surface area contributed by atoms with Crippen LogP contribution in [0.1, 0.15) is 10.4 Å². The van der Waals surface area contributed by atoms with Gasteiger partial charge in [-0.3, -0.25) is 9.78 Å². The van der Waals surface area contributed by atoms with Crippen LogP contribution in [0.15, 0.2) is 47.6 Å². The lowest BCUT2D eigenvalue weighted by Gasteiger charge is -2.04. The van der Waals surface area contributed by atoms with E-state index in [1.54, 1.807) is 41.4 Å². The molecule has 3 rings (SSSR count). The number of nitrogens with one attached hydrogen (secondary N) is 1. The molecule has 0 aliphatic rings. The van der Waals surface area contributed by atoms with Crippen LogP contribution in [0.4, 0.5) is 5.82 Å². The van der Waals surface area contributed by atoms with Crippen molar-refractivity contribution in [3.63, 3.8) is 0 Å². The zero-order valence-electron chi connectivity index (χ0n) is 9.62. The van der Waals surface area contributed by atoms with Gasteiger partial charge in [-0.25, -0.2) is 9.50 Å². The van der Waals surface area contributed by atoms with Crippen LogP contribution in [0.25, 0.3) is 5.52 Å². The number of anilines is 1. The molecule has 0 aliphatic carbocycles. The summed E-state index contributed by atoms with van der Waals surface area (Å²) in [5, 5.41) is 6.81. The third kappa shape index (κ3) is 2.19. The summed E-state index contributed by atoms with van der Waals surface area (Å²) in [7, 11) is 0. The predicted molar refractivity (Wildman–Crippen MR) is 72.9 cm³/mol. The van der Waals surface area contributed by atoms with Crippen molar-refractivity contribution in [2.45, 2.75) is 0 Å². The fourth-order valence-corrected chi connectivity index (χ4v) is 2.02. The van der Waals surface area contributed by atoms with Gasteiger partial charge in [-0.1, -0.05) is 0 Å². The average Bonchev–Trinajstić information content (AvgIpc) is 2.85. The second kappa shape index (κ2) is 4.77. The number of hydrogen-bond donors (Lipinski definition) is 1. The smallest absolute Gasteiger partial charge is 0.260 e. The maximum Gasteiger partial charge on any atom is 0.260 e. The molecule has 0 aliphatic heterocycles. The molecular formula is C12H8BrN5O. The van der Waals surface area contributed by atoms with Crippen LogP contribution in [0.5, 0.6) is 0 Å². The highest BCUT2D eigenvalue weighted by Crippen LogP contribution is 2.19. The molecule has 0 saturated heterocycles. The van der Waals surface area contributed by atoms with Crippen molar-refractivity contribution >= 4 is 33.2 Å². The minimum atomic E-state index is -0.276. The van der Waals surface area contributed by atoms with E-state index in [0.29, 0.717) is 16.9 Å². The van der Waals surface area contributed by atoms with Crippen molar-refractivity contribution in [1.82, 2.24) is 19.6 Å². The Labute approximate surface area is 116 Å². The molecule has 0 saturated carbocycles. The predicted octanol–water partition coefficient (Wildman–Crippen LogP) is 2.14. The molecule has 0 aromatic carbocycles. The lowest BCUT2D eigenvalue weighted by molar-refractivity contribution is 0.102. The largest absolute Gasteiger partial charge is 0.305 e. The Morgan fingerprint density at radius 3 is 3.05 bits per heavy atom. The molecular weight excluding hydrogens is 310 g/mol. The molecule has 3 aromatic heterocycles. The Morgan fingerprint density at radius 2 is 2.21 bits per heavy atom. The van der Waals surface area contributed by atoms with Gasteiger partial charge in [0.15, 0.2) is 0 Å². The van der Waals surface area contributed by atoms with Gasteiger partial charge in [0.25, 0.3) is 5.91 Å². The van der Waals surface area contributed by atoms with Crippen LogP contribution in [-0.4, -0.2) is 25.5 Å². The highest BCUT2D eigenvalue weighted by Gasteiger charge is 2.14. The quantitative estimate of drug-likeness (QED) is 0.786. The number of hydrogen-bond acceptors (Lipinski definition) is 4. The van der Waals surface area contributed by atoms with E-state index in [-0.39, 0.29) is 5.91 Å². The second-order valence-electron chi connectivity index (χ2n) is 3.75. The molecule has 1 N–H and O–H groups in total. The molecule has 94 valence electrons. The first-order valence-corrected chi connectivity index (χ1v) is 6.24. The third-order valence-electron chi connectivity index (χ3n) is 2.56. The molecule has 0 atom stereocenters. The van der Waals surface area contributed by atoms with E-state index >= 15 is 0 Å². The number of carbonyl (C=O) groups is 1. The number of carbonyl (C=O) groups excluding carboxylic acids is 1. The minimum Gasteiger partial charge on any atom is -0.305 e. The molecule has 3 aromatic rings. The molecule has 0 radical (unpaired) electrons. The summed E-state index contributed by atoms with van der Waals surface area (Å²) < 4.78 is 2.31. The molecule has 1 amide bonds. The number of rotatable bonds is 2. The summed E-state index contributed by atoms with van der Waals surface area (Å²) >= 11 is 3.33. The van der Waals surface area contributed by atoms with Gasteiger partial charge in [-0.2, -0.15) is 5.10 Å². The minimum absolute atomic E-state index is 0.276. The lowest BCUT2D eigenvalue weighted by atomic mass is 10.3. The van der Waals surface area contributed by atoms with E-state index in [1.165, 1.54) is 6.20 Å². The van der Waals surface area contributed by atoms with Gasteiger partial charge in [0, 0.05) is 18.6 Å². The van der Waals surface area contributed by atoms with Gasteiger partial charge >= 0.3 is 0 Å². The van der Waals surface area contributed by atoms with Crippen molar-refractivity contribution in [2.75, 3.05) is 5.32 Å². The summed E-state index contributed by atoms with van der Waals surface area (Å²) in [6, 6.07) is 3.58. The van der Waals surface area contributed by atoms with Crippen molar-refractivity contribution in [3.05, 3.63) is 53.2 Å². The van der Waals surface area contributed by atoms with Gasteiger partial charge < -0.3 is 5.32 Å². The number of aromatic nitrogens is 4. The summed E-state index contributed by atoms with van der Waals surface area (Å²) in [6.07, 6.45) is 8.00. The SMILES string of the molecule is O=C(Nc1ncccc1Br)c1cnn2ccncc12. The molecule has 0 spiro atoms. The maximum absolute atomic E-state index is 12.2. The van der Waals surface area contributed by atoms with Gasteiger partial charge in [-0.15, -0.1) is 0 Å². The van der Waals surface area contributed by atoms with Gasteiger partial charge in [0.2, 0.25) is 0 Å². The number of amides is 1. The summed E-state index contributed by atoms with van der Waals surface area (Å²) in [5.41, 5.74) is 1.10. The Bertz CT molecular complexity index is 754. The Morgan fingerprint density at radius 1 is 1.32 bits per heavy atom.